The summed E-state index contributed by atoms with van der Waals surface area (Å²) in [7, 11) is -3.44. The van der Waals surface area contributed by atoms with Crippen molar-refractivity contribution in [1.29, 1.82) is 0 Å². The zero-order valence-corrected chi connectivity index (χ0v) is 16.8. The van der Waals surface area contributed by atoms with Gasteiger partial charge in [-0.2, -0.15) is 17.4 Å². The molecular weight excluding hydrogens is 346 g/mol. The van der Waals surface area contributed by atoms with Crippen LogP contribution < -0.4 is 4.72 Å². The van der Waals surface area contributed by atoms with E-state index in [-0.39, 0.29) is 6.04 Å². The second kappa shape index (κ2) is 9.31. The van der Waals surface area contributed by atoms with Gasteiger partial charge in [0.15, 0.2) is 0 Å². The maximum absolute atomic E-state index is 12.9. The van der Waals surface area contributed by atoms with Crippen LogP contribution in [0.25, 0.3) is 0 Å². The van der Waals surface area contributed by atoms with Crippen LogP contribution in [0.2, 0.25) is 0 Å². The maximum Gasteiger partial charge on any atom is 0.280 e. The normalized spacial score (nSPS) is 22.3. The Kier molecular flexibility index (Phi) is 7.09. The van der Waals surface area contributed by atoms with Gasteiger partial charge in [-0.05, 0) is 63.2 Å². The van der Waals surface area contributed by atoms with Crippen LogP contribution in [0.3, 0.4) is 0 Å². The average Bonchev–Trinajstić information content (AvgIpc) is 2.67. The summed E-state index contributed by atoms with van der Waals surface area (Å²) < 4.78 is 30.5. The molecule has 0 amide bonds. The summed E-state index contributed by atoms with van der Waals surface area (Å²) >= 11 is 0. The monoisotopic (exact) mass is 379 g/mol. The summed E-state index contributed by atoms with van der Waals surface area (Å²) in [5.74, 6) is 0.616. The van der Waals surface area contributed by atoms with Gasteiger partial charge in [0.25, 0.3) is 10.2 Å². The molecule has 1 atom stereocenters. The van der Waals surface area contributed by atoms with Crippen LogP contribution in [0.1, 0.15) is 57.1 Å². The minimum atomic E-state index is -3.44. The third-order valence-electron chi connectivity index (χ3n) is 5.76. The number of benzene rings is 1. The number of hydrogen-bond donors (Lipinski definition) is 1. The number of likely N-dealkylation sites (tertiary alicyclic amines) is 1. The summed E-state index contributed by atoms with van der Waals surface area (Å²) in [5, 5.41) is 0. The lowest BCUT2D eigenvalue weighted by Gasteiger charge is -2.32. The lowest BCUT2D eigenvalue weighted by atomic mass is 10.0. The van der Waals surface area contributed by atoms with Gasteiger partial charge in [0.1, 0.15) is 0 Å². The van der Waals surface area contributed by atoms with Gasteiger partial charge in [-0.1, -0.05) is 43.7 Å². The molecule has 2 saturated heterocycles. The first-order valence-electron chi connectivity index (χ1n) is 10.1. The Bertz CT molecular complexity index is 636. The van der Waals surface area contributed by atoms with E-state index in [2.05, 4.69) is 16.5 Å². The predicted octanol–water partition coefficient (Wildman–Crippen LogP) is 3.17. The fourth-order valence-corrected chi connectivity index (χ4v) is 5.41. The van der Waals surface area contributed by atoms with Crippen molar-refractivity contribution in [2.75, 3.05) is 32.7 Å². The fraction of sp³-hybridized carbons (Fsp3) is 0.700. The van der Waals surface area contributed by atoms with Gasteiger partial charge in [-0.3, -0.25) is 0 Å². The predicted molar refractivity (Wildman–Crippen MR) is 106 cm³/mol. The van der Waals surface area contributed by atoms with E-state index in [1.165, 1.54) is 19.3 Å². The molecule has 6 heteroatoms. The lowest BCUT2D eigenvalue weighted by Crippen LogP contribution is -2.46. The first kappa shape index (κ1) is 19.8. The quantitative estimate of drug-likeness (QED) is 0.792. The van der Waals surface area contributed by atoms with Crippen molar-refractivity contribution in [3.63, 3.8) is 0 Å². The number of nitrogens with one attached hydrogen (secondary N) is 1. The average molecular weight is 380 g/mol. The molecule has 1 N–H and O–H groups in total. The van der Waals surface area contributed by atoms with E-state index in [0.29, 0.717) is 19.0 Å². The molecule has 0 spiro atoms. The van der Waals surface area contributed by atoms with Gasteiger partial charge in [0, 0.05) is 19.1 Å². The van der Waals surface area contributed by atoms with Crippen LogP contribution in [0.4, 0.5) is 0 Å². The molecule has 2 heterocycles. The molecule has 26 heavy (non-hydrogen) atoms. The smallest absolute Gasteiger partial charge is 0.280 e. The van der Waals surface area contributed by atoms with Crippen LogP contribution in [-0.2, 0) is 10.2 Å². The molecule has 3 rings (SSSR count). The highest BCUT2D eigenvalue weighted by atomic mass is 32.2. The van der Waals surface area contributed by atoms with Crippen LogP contribution in [0, 0.1) is 5.92 Å². The van der Waals surface area contributed by atoms with Crippen LogP contribution in [0.5, 0.6) is 0 Å². The minimum absolute atomic E-state index is 0.164. The first-order chi connectivity index (χ1) is 12.5. The van der Waals surface area contributed by atoms with Crippen molar-refractivity contribution >= 4 is 10.2 Å². The van der Waals surface area contributed by atoms with E-state index >= 15 is 0 Å². The zero-order chi connectivity index (χ0) is 18.4. The van der Waals surface area contributed by atoms with Gasteiger partial charge in [-0.15, -0.1) is 0 Å². The van der Waals surface area contributed by atoms with E-state index in [4.69, 9.17) is 0 Å². The molecule has 0 aliphatic carbocycles. The Labute approximate surface area is 158 Å². The Balaban J connectivity index is 1.66. The number of nitrogens with zero attached hydrogens (tertiary/aromatic N) is 2. The second-order valence-corrected chi connectivity index (χ2v) is 9.56. The van der Waals surface area contributed by atoms with Crippen LogP contribution in [0.15, 0.2) is 30.3 Å². The molecular formula is C20H33N3O2S. The summed E-state index contributed by atoms with van der Waals surface area (Å²) in [4.78, 5) is 2.47. The highest BCUT2D eigenvalue weighted by Gasteiger charge is 2.29. The van der Waals surface area contributed by atoms with Gasteiger partial charge in [0.05, 0.1) is 0 Å². The Morgan fingerprint density at radius 3 is 2.35 bits per heavy atom. The van der Waals surface area contributed by atoms with Crippen molar-refractivity contribution < 1.29 is 8.42 Å². The topological polar surface area (TPSA) is 52.7 Å². The number of piperidine rings is 2. The Morgan fingerprint density at radius 1 is 1.04 bits per heavy atom. The first-order valence-corrected chi connectivity index (χ1v) is 11.5. The summed E-state index contributed by atoms with van der Waals surface area (Å²) in [5.41, 5.74) is 1.05. The standard InChI is InChI=1S/C20H33N3O2S/c1-18-10-16-23(17-11-18)26(24,25)21-20(19-8-4-2-5-9-19)12-15-22-13-6-3-7-14-22/h2,4-5,8-9,18,20-21H,3,6-7,10-17H2,1H3/t20-/m0/s1. The third kappa shape index (κ3) is 5.52. The molecule has 5 nitrogen and oxygen atoms in total. The molecule has 0 aromatic heterocycles. The van der Waals surface area contributed by atoms with E-state index in [1.54, 1.807) is 4.31 Å². The van der Waals surface area contributed by atoms with Crippen molar-refractivity contribution in [1.82, 2.24) is 13.9 Å². The summed E-state index contributed by atoms with van der Waals surface area (Å²) in [6, 6.07) is 9.84. The molecule has 0 saturated carbocycles. The van der Waals surface area contributed by atoms with Gasteiger partial charge in [0.2, 0.25) is 0 Å². The number of rotatable bonds is 7. The number of hydrogen-bond acceptors (Lipinski definition) is 3. The van der Waals surface area contributed by atoms with Crippen molar-refractivity contribution in [2.45, 2.75) is 51.5 Å². The van der Waals surface area contributed by atoms with E-state index in [1.807, 2.05) is 30.3 Å². The molecule has 1 aromatic rings. The zero-order valence-electron chi connectivity index (χ0n) is 15.9. The largest absolute Gasteiger partial charge is 0.303 e. The van der Waals surface area contributed by atoms with Crippen LogP contribution >= 0.6 is 0 Å². The van der Waals surface area contributed by atoms with Crippen LogP contribution in [-0.4, -0.2) is 50.3 Å². The van der Waals surface area contributed by atoms with E-state index in [9.17, 15) is 8.42 Å². The Morgan fingerprint density at radius 2 is 1.69 bits per heavy atom. The molecule has 2 aliphatic heterocycles. The van der Waals surface area contributed by atoms with Gasteiger partial charge in [-0.25, -0.2) is 0 Å². The molecule has 146 valence electrons. The highest BCUT2D eigenvalue weighted by Crippen LogP contribution is 2.23. The van der Waals surface area contributed by atoms with Crippen molar-refractivity contribution in [3.8, 4) is 0 Å². The van der Waals surface area contributed by atoms with Crippen molar-refractivity contribution in [3.05, 3.63) is 35.9 Å². The molecule has 2 fully saturated rings. The molecule has 1 aromatic carbocycles. The molecule has 0 bridgehead atoms. The third-order valence-corrected chi connectivity index (χ3v) is 7.39. The SMILES string of the molecule is CC1CCN(S(=O)(=O)N[C@@H](CCN2CCCCC2)c2ccccc2)CC1. The second-order valence-electron chi connectivity index (χ2n) is 7.86. The molecule has 0 radical (unpaired) electrons. The maximum atomic E-state index is 12.9. The fourth-order valence-electron chi connectivity index (χ4n) is 3.95. The molecule has 2 aliphatic rings. The van der Waals surface area contributed by atoms with Gasteiger partial charge < -0.3 is 4.90 Å². The van der Waals surface area contributed by atoms with E-state index < -0.39 is 10.2 Å². The molecule has 0 unspecified atom stereocenters. The highest BCUT2D eigenvalue weighted by molar-refractivity contribution is 7.87. The van der Waals surface area contributed by atoms with Gasteiger partial charge >= 0.3 is 0 Å². The van der Waals surface area contributed by atoms with E-state index in [0.717, 1.165) is 44.5 Å². The van der Waals surface area contributed by atoms with Crippen molar-refractivity contribution in [2.24, 2.45) is 5.92 Å². The summed E-state index contributed by atoms with van der Waals surface area (Å²) in [6.07, 6.45) is 6.54. The lowest BCUT2D eigenvalue weighted by molar-refractivity contribution is 0.218. The minimum Gasteiger partial charge on any atom is -0.303 e. The Hall–Kier alpha value is -0.950. The summed E-state index contributed by atoms with van der Waals surface area (Å²) in [6.45, 7) is 6.67.